The zero-order valence-corrected chi connectivity index (χ0v) is 12.6. The first-order chi connectivity index (χ1) is 7.47. The zero-order chi connectivity index (χ0) is 13.7. The molecule has 0 aromatic carbocycles. The molecule has 104 valence electrons. The molecule has 0 saturated carbocycles. The van der Waals surface area contributed by atoms with Gasteiger partial charge in [0.25, 0.3) is 0 Å². The van der Waals surface area contributed by atoms with Crippen LogP contribution in [0.4, 0.5) is 0 Å². The van der Waals surface area contributed by atoms with Crippen LogP contribution in [0, 0.1) is 0 Å². The minimum absolute atomic E-state index is 0.195. The van der Waals surface area contributed by atoms with Gasteiger partial charge in [0.05, 0.1) is 11.2 Å². The highest BCUT2D eigenvalue weighted by Crippen LogP contribution is 2.23. The first kappa shape index (κ1) is 16.9. The van der Waals surface area contributed by atoms with Crippen molar-refractivity contribution in [3.05, 3.63) is 0 Å². The Morgan fingerprint density at radius 1 is 1.00 bits per heavy atom. The van der Waals surface area contributed by atoms with Crippen LogP contribution in [-0.4, -0.2) is 28.7 Å². The maximum atomic E-state index is 10.1. The molecule has 0 aromatic rings. The molecule has 0 rings (SSSR count). The van der Waals surface area contributed by atoms with Crippen molar-refractivity contribution in [3.8, 4) is 0 Å². The van der Waals surface area contributed by atoms with Crippen LogP contribution in [0.3, 0.4) is 0 Å². The van der Waals surface area contributed by atoms with Crippen LogP contribution in [-0.2, 0) is 9.47 Å². The molecule has 17 heavy (non-hydrogen) atoms. The van der Waals surface area contributed by atoms with Crippen molar-refractivity contribution >= 4 is 0 Å². The lowest BCUT2D eigenvalue weighted by Gasteiger charge is -2.35. The second kappa shape index (κ2) is 6.17. The number of rotatable bonds is 7. The Kier molecular flexibility index (Phi) is 6.12. The summed E-state index contributed by atoms with van der Waals surface area (Å²) in [6, 6.07) is 0. The number of hydrogen-bond donors (Lipinski definition) is 1. The van der Waals surface area contributed by atoms with Crippen LogP contribution in [0.2, 0.25) is 0 Å². The minimum atomic E-state index is -1.23. The second-order valence-electron chi connectivity index (χ2n) is 6.54. The minimum Gasteiger partial charge on any atom is -0.370 e. The van der Waals surface area contributed by atoms with E-state index in [1.165, 1.54) is 0 Å². The van der Waals surface area contributed by atoms with Gasteiger partial charge in [-0.05, 0) is 48.0 Å². The van der Waals surface area contributed by atoms with Crippen molar-refractivity contribution < 1.29 is 14.6 Å². The Balaban J connectivity index is 4.16. The standard InChI is InChI=1S/C14H30O3/c1-8-9-10-13(5,6)16-11-14(7,15)17-12(2,3)4/h15H,8-11H2,1-7H3. The van der Waals surface area contributed by atoms with E-state index in [0.29, 0.717) is 0 Å². The summed E-state index contributed by atoms with van der Waals surface area (Å²) >= 11 is 0. The van der Waals surface area contributed by atoms with E-state index in [9.17, 15) is 5.11 Å². The largest absolute Gasteiger partial charge is 0.370 e. The van der Waals surface area contributed by atoms with Crippen LogP contribution in [0.1, 0.15) is 67.7 Å². The molecule has 0 amide bonds. The van der Waals surface area contributed by atoms with Crippen molar-refractivity contribution in [2.24, 2.45) is 0 Å². The fourth-order valence-electron chi connectivity index (χ4n) is 1.69. The quantitative estimate of drug-likeness (QED) is 0.699. The van der Waals surface area contributed by atoms with Gasteiger partial charge in [0.1, 0.15) is 6.61 Å². The predicted octanol–water partition coefficient (Wildman–Crippen LogP) is 3.50. The molecule has 3 heteroatoms. The van der Waals surface area contributed by atoms with E-state index in [4.69, 9.17) is 9.47 Å². The fourth-order valence-corrected chi connectivity index (χ4v) is 1.69. The fraction of sp³-hybridized carbons (Fsp3) is 1.00. The van der Waals surface area contributed by atoms with Gasteiger partial charge < -0.3 is 14.6 Å². The molecule has 0 spiro atoms. The van der Waals surface area contributed by atoms with Crippen molar-refractivity contribution in [1.29, 1.82) is 0 Å². The molecule has 1 unspecified atom stereocenters. The normalized spacial score (nSPS) is 16.9. The molecule has 3 nitrogen and oxygen atoms in total. The van der Waals surface area contributed by atoms with E-state index in [-0.39, 0.29) is 17.8 Å². The zero-order valence-electron chi connectivity index (χ0n) is 12.6. The molecule has 0 aromatic heterocycles. The van der Waals surface area contributed by atoms with Crippen LogP contribution >= 0.6 is 0 Å². The molecule has 1 atom stereocenters. The average molecular weight is 246 g/mol. The summed E-state index contributed by atoms with van der Waals surface area (Å²) in [6.07, 6.45) is 3.28. The van der Waals surface area contributed by atoms with E-state index in [1.54, 1.807) is 6.92 Å². The Bertz CT molecular complexity index is 214. The van der Waals surface area contributed by atoms with Crippen LogP contribution in [0.5, 0.6) is 0 Å². The van der Waals surface area contributed by atoms with Gasteiger partial charge in [-0.3, -0.25) is 0 Å². The molecule has 1 N–H and O–H groups in total. The Labute approximate surface area is 107 Å². The number of aliphatic hydroxyl groups is 1. The topological polar surface area (TPSA) is 38.7 Å². The van der Waals surface area contributed by atoms with E-state index in [2.05, 4.69) is 20.8 Å². The number of unbranched alkanes of at least 4 members (excludes halogenated alkanes) is 1. The number of ether oxygens (including phenoxy) is 2. The summed E-state index contributed by atoms with van der Waals surface area (Å²) in [7, 11) is 0. The van der Waals surface area contributed by atoms with E-state index >= 15 is 0 Å². The van der Waals surface area contributed by atoms with Gasteiger partial charge in [0.15, 0.2) is 5.79 Å². The summed E-state index contributed by atoms with van der Waals surface area (Å²) in [5.74, 6) is -1.23. The van der Waals surface area contributed by atoms with Gasteiger partial charge in [0, 0.05) is 0 Å². The summed E-state index contributed by atoms with van der Waals surface area (Å²) in [5.41, 5.74) is -0.582. The van der Waals surface area contributed by atoms with Crippen LogP contribution in [0.15, 0.2) is 0 Å². The Morgan fingerprint density at radius 3 is 1.94 bits per heavy atom. The monoisotopic (exact) mass is 246 g/mol. The molecule has 0 heterocycles. The average Bonchev–Trinajstić information content (AvgIpc) is 2.08. The van der Waals surface area contributed by atoms with E-state index in [1.807, 2.05) is 20.8 Å². The van der Waals surface area contributed by atoms with E-state index < -0.39 is 5.79 Å². The van der Waals surface area contributed by atoms with Gasteiger partial charge in [-0.2, -0.15) is 0 Å². The van der Waals surface area contributed by atoms with Crippen LogP contribution in [0.25, 0.3) is 0 Å². The van der Waals surface area contributed by atoms with Gasteiger partial charge in [-0.25, -0.2) is 0 Å². The third kappa shape index (κ3) is 9.57. The van der Waals surface area contributed by atoms with E-state index in [0.717, 1.165) is 19.3 Å². The number of hydrogen-bond acceptors (Lipinski definition) is 3. The molecular formula is C14H30O3. The van der Waals surface area contributed by atoms with Crippen molar-refractivity contribution in [2.75, 3.05) is 6.61 Å². The smallest absolute Gasteiger partial charge is 0.187 e. The van der Waals surface area contributed by atoms with Crippen LogP contribution < -0.4 is 0 Å². The molecule has 0 fully saturated rings. The molecule has 0 aliphatic heterocycles. The Hall–Kier alpha value is -0.120. The molecule has 0 radical (unpaired) electrons. The SMILES string of the molecule is CCCCC(C)(C)OCC(C)(O)OC(C)(C)C. The van der Waals surface area contributed by atoms with Gasteiger partial charge in [-0.1, -0.05) is 19.8 Å². The van der Waals surface area contributed by atoms with Gasteiger partial charge in [-0.15, -0.1) is 0 Å². The van der Waals surface area contributed by atoms with Gasteiger partial charge in [0.2, 0.25) is 0 Å². The second-order valence-corrected chi connectivity index (χ2v) is 6.54. The molecule has 0 aliphatic rings. The maximum Gasteiger partial charge on any atom is 0.187 e. The molecular weight excluding hydrogens is 216 g/mol. The summed E-state index contributed by atoms with van der Waals surface area (Å²) < 4.78 is 11.3. The van der Waals surface area contributed by atoms with Crippen molar-refractivity contribution in [1.82, 2.24) is 0 Å². The summed E-state index contributed by atoms with van der Waals surface area (Å²) in [6.45, 7) is 13.9. The highest BCUT2D eigenvalue weighted by atomic mass is 16.7. The maximum absolute atomic E-state index is 10.1. The highest BCUT2D eigenvalue weighted by Gasteiger charge is 2.31. The summed E-state index contributed by atoms with van der Waals surface area (Å²) in [4.78, 5) is 0. The van der Waals surface area contributed by atoms with Gasteiger partial charge >= 0.3 is 0 Å². The third-order valence-electron chi connectivity index (χ3n) is 2.39. The first-order valence-corrected chi connectivity index (χ1v) is 6.54. The van der Waals surface area contributed by atoms with Crippen molar-refractivity contribution in [3.63, 3.8) is 0 Å². The lowest BCUT2D eigenvalue weighted by atomic mass is 10.0. The van der Waals surface area contributed by atoms with Crippen molar-refractivity contribution in [2.45, 2.75) is 84.7 Å². The summed E-state index contributed by atoms with van der Waals surface area (Å²) in [5, 5.41) is 10.1. The third-order valence-corrected chi connectivity index (χ3v) is 2.39. The highest BCUT2D eigenvalue weighted by molar-refractivity contribution is 4.73. The Morgan fingerprint density at radius 2 is 1.53 bits per heavy atom. The molecule has 0 bridgehead atoms. The lowest BCUT2D eigenvalue weighted by Crippen LogP contribution is -2.43. The lowest BCUT2D eigenvalue weighted by molar-refractivity contribution is -0.275. The molecule has 0 aliphatic carbocycles. The first-order valence-electron chi connectivity index (χ1n) is 6.54. The predicted molar refractivity (Wildman–Crippen MR) is 71.0 cm³/mol. The molecule has 0 saturated heterocycles.